The van der Waals surface area contributed by atoms with Gasteiger partial charge in [0.1, 0.15) is 11.8 Å². The first kappa shape index (κ1) is 21.8. The second kappa shape index (κ2) is 8.45. The Morgan fingerprint density at radius 3 is 2.67 bits per heavy atom. The molecular formula is C23H24ClN3O3. The molecule has 0 spiro atoms. The van der Waals surface area contributed by atoms with E-state index in [1.807, 2.05) is 19.9 Å². The lowest BCUT2D eigenvalue weighted by Gasteiger charge is -2.32. The molecule has 2 aromatic rings. The number of ketones is 1. The number of amides is 1. The lowest BCUT2D eigenvalue weighted by Crippen LogP contribution is -2.34. The number of aromatic nitrogens is 1. The first-order valence-corrected chi connectivity index (χ1v) is 10.2. The molecule has 0 aliphatic heterocycles. The third-order valence-electron chi connectivity index (χ3n) is 5.43. The number of oxazole rings is 1. The number of benzene rings is 1. The van der Waals surface area contributed by atoms with Crippen LogP contribution in [0.15, 0.2) is 40.3 Å². The molecule has 7 heteroatoms. The molecule has 0 bridgehead atoms. The molecule has 30 heavy (non-hydrogen) atoms. The van der Waals surface area contributed by atoms with E-state index < -0.39 is 5.41 Å². The summed E-state index contributed by atoms with van der Waals surface area (Å²) in [5, 5.41) is 9.85. The maximum Gasteiger partial charge on any atom is 0.275 e. The summed E-state index contributed by atoms with van der Waals surface area (Å²) in [6.07, 6.45) is 3.06. The fraction of sp³-hybridized carbons (Fsp3) is 0.391. The highest BCUT2D eigenvalue weighted by molar-refractivity contribution is 6.30. The van der Waals surface area contributed by atoms with Crippen molar-refractivity contribution >= 4 is 23.3 Å². The van der Waals surface area contributed by atoms with Crippen molar-refractivity contribution in [1.29, 1.82) is 5.26 Å². The van der Waals surface area contributed by atoms with Gasteiger partial charge in [-0.25, -0.2) is 4.98 Å². The Hall–Kier alpha value is -2.91. The second-order valence-corrected chi connectivity index (χ2v) is 8.75. The Labute approximate surface area is 181 Å². The maximum atomic E-state index is 12.9. The van der Waals surface area contributed by atoms with Gasteiger partial charge in [-0.2, -0.15) is 5.26 Å². The van der Waals surface area contributed by atoms with Crippen molar-refractivity contribution in [3.05, 3.63) is 52.4 Å². The normalized spacial score (nSPS) is 17.9. The van der Waals surface area contributed by atoms with Gasteiger partial charge >= 0.3 is 0 Å². The van der Waals surface area contributed by atoms with Crippen LogP contribution in [-0.4, -0.2) is 35.2 Å². The summed E-state index contributed by atoms with van der Waals surface area (Å²) in [6.45, 7) is 5.91. The molecule has 1 amide bonds. The Kier molecular flexibility index (Phi) is 6.14. The van der Waals surface area contributed by atoms with Crippen molar-refractivity contribution in [3.8, 4) is 17.5 Å². The van der Waals surface area contributed by atoms with Crippen LogP contribution in [-0.2, 0) is 4.79 Å². The predicted molar refractivity (Wildman–Crippen MR) is 114 cm³/mol. The van der Waals surface area contributed by atoms with E-state index in [0.29, 0.717) is 36.1 Å². The van der Waals surface area contributed by atoms with Crippen molar-refractivity contribution < 1.29 is 14.0 Å². The molecule has 0 saturated heterocycles. The standard InChI is InChI=1S/C23H24ClN3O3/c1-14-19(26-21(30-14)16-5-7-18(24)8-6-16)22(29)27(4)10-9-15-11-17(13-25)20(28)23(2,3)12-15/h5-8,11,15H,9-10,12H2,1-4H3/t15-/m1/s1. The highest BCUT2D eigenvalue weighted by atomic mass is 35.5. The first-order chi connectivity index (χ1) is 14.1. The Bertz CT molecular complexity index is 1040. The summed E-state index contributed by atoms with van der Waals surface area (Å²) >= 11 is 5.92. The zero-order valence-corrected chi connectivity index (χ0v) is 18.3. The predicted octanol–water partition coefficient (Wildman–Crippen LogP) is 4.83. The van der Waals surface area contributed by atoms with Gasteiger partial charge in [0, 0.05) is 29.6 Å². The Morgan fingerprint density at radius 2 is 2.03 bits per heavy atom. The van der Waals surface area contributed by atoms with Gasteiger partial charge in [0.2, 0.25) is 5.89 Å². The van der Waals surface area contributed by atoms with E-state index in [9.17, 15) is 14.9 Å². The molecule has 1 aromatic heterocycles. The molecule has 0 N–H and O–H groups in total. The van der Waals surface area contributed by atoms with Gasteiger partial charge in [-0.1, -0.05) is 31.5 Å². The molecular weight excluding hydrogens is 402 g/mol. The molecule has 156 valence electrons. The van der Waals surface area contributed by atoms with Crippen LogP contribution in [0.5, 0.6) is 0 Å². The van der Waals surface area contributed by atoms with E-state index in [1.165, 1.54) is 0 Å². The number of allylic oxidation sites excluding steroid dienone is 2. The number of nitrogens with zero attached hydrogens (tertiary/aromatic N) is 3. The van der Waals surface area contributed by atoms with Gasteiger partial charge < -0.3 is 9.32 Å². The molecule has 1 aliphatic rings. The van der Waals surface area contributed by atoms with Gasteiger partial charge in [0.15, 0.2) is 11.5 Å². The molecule has 0 unspecified atom stereocenters. The van der Waals surface area contributed by atoms with Crippen LogP contribution >= 0.6 is 11.6 Å². The molecule has 6 nitrogen and oxygen atoms in total. The third-order valence-corrected chi connectivity index (χ3v) is 5.68. The number of aryl methyl sites for hydroxylation is 1. The lowest BCUT2D eigenvalue weighted by atomic mass is 9.71. The van der Waals surface area contributed by atoms with Crippen LogP contribution in [0.3, 0.4) is 0 Å². The molecule has 3 rings (SSSR count). The highest BCUT2D eigenvalue weighted by Crippen LogP contribution is 2.36. The largest absolute Gasteiger partial charge is 0.441 e. The molecule has 1 atom stereocenters. The minimum atomic E-state index is -0.566. The van der Waals surface area contributed by atoms with Gasteiger partial charge in [0.05, 0.1) is 5.57 Å². The van der Waals surface area contributed by atoms with Crippen molar-refractivity contribution in [2.24, 2.45) is 11.3 Å². The van der Waals surface area contributed by atoms with E-state index in [-0.39, 0.29) is 28.9 Å². The smallest absolute Gasteiger partial charge is 0.275 e. The van der Waals surface area contributed by atoms with Crippen LogP contribution in [0.25, 0.3) is 11.5 Å². The minimum absolute atomic E-state index is 0.0608. The van der Waals surface area contributed by atoms with Crippen LogP contribution in [0.1, 0.15) is 42.9 Å². The first-order valence-electron chi connectivity index (χ1n) is 9.78. The van der Waals surface area contributed by atoms with E-state index in [0.717, 1.165) is 5.56 Å². The second-order valence-electron chi connectivity index (χ2n) is 8.32. The number of carbonyl (C=O) groups excluding carboxylic acids is 2. The van der Waals surface area contributed by atoms with Crippen molar-refractivity contribution in [2.45, 2.75) is 33.6 Å². The molecule has 0 fully saturated rings. The average molecular weight is 426 g/mol. The third kappa shape index (κ3) is 4.47. The summed E-state index contributed by atoms with van der Waals surface area (Å²) in [5.74, 6) is 0.541. The summed E-state index contributed by atoms with van der Waals surface area (Å²) in [7, 11) is 1.71. The Balaban J connectivity index is 1.69. The van der Waals surface area contributed by atoms with Crippen LogP contribution in [0, 0.1) is 29.6 Å². The monoisotopic (exact) mass is 425 g/mol. The van der Waals surface area contributed by atoms with Gasteiger partial charge in [-0.3, -0.25) is 9.59 Å². The van der Waals surface area contributed by atoms with Crippen molar-refractivity contribution in [3.63, 3.8) is 0 Å². The number of halogens is 1. The molecule has 1 heterocycles. The number of carbonyl (C=O) groups is 2. The van der Waals surface area contributed by atoms with Crippen LogP contribution < -0.4 is 0 Å². The minimum Gasteiger partial charge on any atom is -0.441 e. The number of rotatable bonds is 5. The average Bonchev–Trinajstić information content (AvgIpc) is 3.09. The maximum absolute atomic E-state index is 12.9. The summed E-state index contributed by atoms with van der Waals surface area (Å²) < 4.78 is 5.69. The molecule has 0 radical (unpaired) electrons. The quantitative estimate of drug-likeness (QED) is 0.684. The molecule has 0 saturated carbocycles. The lowest BCUT2D eigenvalue weighted by molar-refractivity contribution is -0.124. The summed E-state index contributed by atoms with van der Waals surface area (Å²) in [6, 6.07) is 9.06. The van der Waals surface area contributed by atoms with E-state index in [2.05, 4.69) is 4.98 Å². The fourth-order valence-corrected chi connectivity index (χ4v) is 3.84. The molecule has 1 aromatic carbocycles. The van der Waals surface area contributed by atoms with Crippen molar-refractivity contribution in [2.75, 3.05) is 13.6 Å². The summed E-state index contributed by atoms with van der Waals surface area (Å²) in [4.78, 5) is 31.1. The van der Waals surface area contributed by atoms with Gasteiger partial charge in [-0.15, -0.1) is 0 Å². The van der Waals surface area contributed by atoms with E-state index in [4.69, 9.17) is 16.0 Å². The summed E-state index contributed by atoms with van der Waals surface area (Å²) in [5.41, 5.74) is 0.663. The van der Waals surface area contributed by atoms with Crippen molar-refractivity contribution in [1.82, 2.24) is 9.88 Å². The van der Waals surface area contributed by atoms with Crippen LogP contribution in [0.4, 0.5) is 0 Å². The highest BCUT2D eigenvalue weighted by Gasteiger charge is 2.37. The van der Waals surface area contributed by atoms with Crippen LogP contribution in [0.2, 0.25) is 5.02 Å². The van der Waals surface area contributed by atoms with E-state index in [1.54, 1.807) is 49.2 Å². The molecule has 1 aliphatic carbocycles. The van der Waals surface area contributed by atoms with Gasteiger partial charge in [0.25, 0.3) is 5.91 Å². The SMILES string of the molecule is Cc1oc(-c2ccc(Cl)cc2)nc1C(=O)N(C)CC[C@@H]1C=C(C#N)C(=O)C(C)(C)C1. The Morgan fingerprint density at radius 1 is 1.37 bits per heavy atom. The number of nitriles is 1. The van der Waals surface area contributed by atoms with E-state index >= 15 is 0 Å². The number of hydrogen-bond acceptors (Lipinski definition) is 5. The number of hydrogen-bond donors (Lipinski definition) is 0. The zero-order chi connectivity index (χ0) is 22.1. The number of Topliss-reactive ketones (excluding diaryl/α,β-unsaturated/α-hetero) is 1. The topological polar surface area (TPSA) is 87.2 Å². The zero-order valence-electron chi connectivity index (χ0n) is 17.5. The van der Waals surface area contributed by atoms with Gasteiger partial charge in [-0.05, 0) is 49.9 Å². The fourth-order valence-electron chi connectivity index (χ4n) is 3.71.